The molecule has 2 aromatic carbocycles. The number of ether oxygens (including phenoxy) is 3. The Kier molecular flexibility index (Phi) is 17.1. The molecule has 0 spiro atoms. The van der Waals surface area contributed by atoms with Crippen LogP contribution in [-0.2, 0) is 14.3 Å². The summed E-state index contributed by atoms with van der Waals surface area (Å²) in [5.41, 5.74) is 7.52. The number of nitrogens with two attached hydrogens (primary N) is 1. The Hall–Kier alpha value is -2.69. The van der Waals surface area contributed by atoms with E-state index in [1.807, 2.05) is 36.4 Å². The molecule has 0 aromatic heterocycles. The summed E-state index contributed by atoms with van der Waals surface area (Å²) in [4.78, 5) is 25.6. The van der Waals surface area contributed by atoms with Gasteiger partial charge >= 0.3 is 0 Å². The van der Waals surface area contributed by atoms with Gasteiger partial charge in [0.05, 0.1) is 18.3 Å². The van der Waals surface area contributed by atoms with Crippen LogP contribution < -0.4 is 21.1 Å². The van der Waals surface area contributed by atoms with Gasteiger partial charge in [0.25, 0.3) is 11.8 Å². The van der Waals surface area contributed by atoms with Crippen LogP contribution in [0.2, 0.25) is 0 Å². The number of carbonyl (C=O) groups excluding carboxylic acids is 2. The van der Waals surface area contributed by atoms with Gasteiger partial charge in [0.2, 0.25) is 0 Å². The Morgan fingerprint density at radius 2 is 1.57 bits per heavy atom. The first-order valence-corrected chi connectivity index (χ1v) is 13.6. The van der Waals surface area contributed by atoms with Gasteiger partial charge in [0, 0.05) is 40.0 Å². The Labute approximate surface area is 244 Å². The van der Waals surface area contributed by atoms with Crippen molar-refractivity contribution in [3.8, 4) is 5.75 Å². The summed E-state index contributed by atoms with van der Waals surface area (Å²) in [5, 5.41) is 16.4. The van der Waals surface area contributed by atoms with Crippen LogP contribution in [0.4, 0.5) is 0 Å². The highest BCUT2D eigenvalue weighted by molar-refractivity contribution is 5.96. The molecule has 0 aliphatic carbocycles. The number of halogens is 1. The normalized spacial score (nSPS) is 14.0. The van der Waals surface area contributed by atoms with Gasteiger partial charge in [-0.15, -0.1) is 12.4 Å². The maximum Gasteiger partial charge on any atom is 0.255 e. The first-order valence-electron chi connectivity index (χ1n) is 13.6. The van der Waals surface area contributed by atoms with Crippen molar-refractivity contribution >= 4 is 24.2 Å². The van der Waals surface area contributed by atoms with Crippen molar-refractivity contribution in [2.45, 2.75) is 51.4 Å². The molecule has 0 aliphatic heterocycles. The lowest BCUT2D eigenvalue weighted by Crippen LogP contribution is -2.46. The summed E-state index contributed by atoms with van der Waals surface area (Å²) < 4.78 is 16.2. The van der Waals surface area contributed by atoms with Crippen LogP contribution in [0, 0.1) is 11.8 Å². The first-order chi connectivity index (χ1) is 18.8. The van der Waals surface area contributed by atoms with Crippen molar-refractivity contribution < 1.29 is 28.9 Å². The molecule has 5 N–H and O–H groups in total. The molecule has 0 aliphatic rings. The second kappa shape index (κ2) is 19.4. The van der Waals surface area contributed by atoms with Crippen molar-refractivity contribution in [1.82, 2.24) is 10.6 Å². The third kappa shape index (κ3) is 11.8. The van der Waals surface area contributed by atoms with E-state index in [2.05, 4.69) is 24.5 Å². The molecule has 0 fully saturated rings. The Balaban J connectivity index is 0.00000800. The molecule has 4 atom stereocenters. The van der Waals surface area contributed by atoms with Crippen LogP contribution in [0.1, 0.15) is 55.1 Å². The number of hydrogen-bond donors (Lipinski definition) is 4. The van der Waals surface area contributed by atoms with Gasteiger partial charge < -0.3 is 35.7 Å². The minimum Gasteiger partial charge on any atom is -0.493 e. The lowest BCUT2D eigenvalue weighted by molar-refractivity contribution is -0.132. The third-order valence-corrected chi connectivity index (χ3v) is 6.73. The van der Waals surface area contributed by atoms with E-state index in [-0.39, 0.29) is 42.6 Å². The largest absolute Gasteiger partial charge is 0.493 e. The molecular formula is C30H46ClN3O6. The van der Waals surface area contributed by atoms with Gasteiger partial charge in [0.1, 0.15) is 5.75 Å². The zero-order chi connectivity index (χ0) is 28.6. The van der Waals surface area contributed by atoms with Crippen LogP contribution in [0.15, 0.2) is 54.6 Å². The van der Waals surface area contributed by atoms with E-state index >= 15 is 0 Å². The molecule has 2 amide bonds. The molecule has 9 nitrogen and oxygen atoms in total. The van der Waals surface area contributed by atoms with Gasteiger partial charge in [-0.05, 0) is 48.8 Å². The van der Waals surface area contributed by atoms with Crippen LogP contribution in [0.5, 0.6) is 5.75 Å². The Bertz CT molecular complexity index is 994. The molecule has 0 radical (unpaired) electrons. The predicted octanol–water partition coefficient (Wildman–Crippen LogP) is 3.50. The fourth-order valence-corrected chi connectivity index (χ4v) is 4.20. The van der Waals surface area contributed by atoms with Crippen molar-refractivity contribution in [2.75, 3.05) is 40.5 Å². The average molecular weight is 580 g/mol. The summed E-state index contributed by atoms with van der Waals surface area (Å²) >= 11 is 0. The van der Waals surface area contributed by atoms with Crippen molar-refractivity contribution in [3.63, 3.8) is 0 Å². The summed E-state index contributed by atoms with van der Waals surface area (Å²) in [6.45, 7) is 5.68. The highest BCUT2D eigenvalue weighted by Gasteiger charge is 2.25. The lowest BCUT2D eigenvalue weighted by atomic mass is 9.87. The van der Waals surface area contributed by atoms with E-state index in [4.69, 9.17) is 19.9 Å². The predicted molar refractivity (Wildman–Crippen MR) is 159 cm³/mol. The highest BCUT2D eigenvalue weighted by atomic mass is 35.5. The zero-order valence-electron chi connectivity index (χ0n) is 24.0. The summed E-state index contributed by atoms with van der Waals surface area (Å²) in [6, 6.07) is 15.7. The zero-order valence-corrected chi connectivity index (χ0v) is 24.8. The number of methoxy groups -OCH3 is 2. The standard InChI is InChI=1S/C30H45N3O6.ClH/c1-21(2)23(19-32-29(35)24-14-8-9-15-27(24)39-17-11-10-16-37-3)18-25(31)26(34)20-33-30(36)28(38-4)22-12-6-5-7-13-22;/h5-9,12-15,21,23,25-26,28,34H,10-11,16-20,31H2,1-4H3,(H,32,35)(H,33,36);1H. The SMILES string of the molecule is COCCCCOc1ccccc1C(=O)NCC(CC(N)C(O)CNC(=O)C(OC)c1ccccc1)C(C)C.Cl. The van der Waals surface area contributed by atoms with E-state index in [9.17, 15) is 14.7 Å². The number of carbonyl (C=O) groups is 2. The maximum absolute atomic E-state index is 13.0. The molecule has 2 rings (SSSR count). The number of hydrogen-bond acceptors (Lipinski definition) is 7. The summed E-state index contributed by atoms with van der Waals surface area (Å²) in [5.74, 6) is 0.207. The number of nitrogens with one attached hydrogen (secondary N) is 2. The van der Waals surface area contributed by atoms with Gasteiger partial charge in [-0.2, -0.15) is 0 Å². The second-order valence-corrected chi connectivity index (χ2v) is 10.00. The molecule has 40 heavy (non-hydrogen) atoms. The van der Waals surface area contributed by atoms with Crippen molar-refractivity contribution in [1.29, 1.82) is 0 Å². The van der Waals surface area contributed by atoms with E-state index in [0.29, 0.717) is 37.5 Å². The van der Waals surface area contributed by atoms with Gasteiger partial charge in [-0.3, -0.25) is 9.59 Å². The number of aliphatic hydroxyl groups excluding tert-OH is 1. The van der Waals surface area contributed by atoms with Gasteiger partial charge in [-0.25, -0.2) is 0 Å². The van der Waals surface area contributed by atoms with Crippen LogP contribution >= 0.6 is 12.4 Å². The maximum atomic E-state index is 13.0. The average Bonchev–Trinajstić information content (AvgIpc) is 2.94. The monoisotopic (exact) mass is 579 g/mol. The molecule has 0 bridgehead atoms. The van der Waals surface area contributed by atoms with Crippen molar-refractivity contribution in [2.24, 2.45) is 17.6 Å². The van der Waals surface area contributed by atoms with E-state index in [0.717, 1.165) is 18.4 Å². The Morgan fingerprint density at radius 3 is 2.23 bits per heavy atom. The van der Waals surface area contributed by atoms with E-state index in [1.165, 1.54) is 7.11 Å². The smallest absolute Gasteiger partial charge is 0.255 e. The minimum absolute atomic E-state index is 0. The lowest BCUT2D eigenvalue weighted by Gasteiger charge is -2.28. The molecule has 4 unspecified atom stereocenters. The first kappa shape index (κ1) is 35.3. The topological polar surface area (TPSA) is 132 Å². The molecule has 10 heteroatoms. The molecule has 0 saturated heterocycles. The van der Waals surface area contributed by atoms with E-state index < -0.39 is 18.2 Å². The number of amides is 2. The number of aliphatic hydroxyl groups is 1. The minimum atomic E-state index is -0.952. The van der Waals surface area contributed by atoms with Crippen LogP contribution in [0.25, 0.3) is 0 Å². The van der Waals surface area contributed by atoms with Gasteiger partial charge in [0.15, 0.2) is 6.10 Å². The summed E-state index contributed by atoms with van der Waals surface area (Å²) in [6.07, 6.45) is 0.463. The third-order valence-electron chi connectivity index (χ3n) is 6.73. The highest BCUT2D eigenvalue weighted by Crippen LogP contribution is 2.21. The number of unbranched alkanes of at least 4 members (excludes halogenated alkanes) is 1. The number of rotatable bonds is 18. The Morgan fingerprint density at radius 1 is 0.925 bits per heavy atom. The van der Waals surface area contributed by atoms with Crippen LogP contribution in [0.3, 0.4) is 0 Å². The molecular weight excluding hydrogens is 534 g/mol. The molecule has 0 saturated carbocycles. The van der Waals surface area contributed by atoms with Crippen LogP contribution in [-0.4, -0.2) is 69.6 Å². The molecule has 224 valence electrons. The fraction of sp³-hybridized carbons (Fsp3) is 0.533. The van der Waals surface area contributed by atoms with Crippen molar-refractivity contribution in [3.05, 3.63) is 65.7 Å². The fourth-order valence-electron chi connectivity index (χ4n) is 4.20. The second-order valence-electron chi connectivity index (χ2n) is 10.00. The molecule has 0 heterocycles. The van der Waals surface area contributed by atoms with Gasteiger partial charge in [-0.1, -0.05) is 56.3 Å². The number of para-hydroxylation sites is 1. The van der Waals surface area contributed by atoms with E-state index in [1.54, 1.807) is 25.3 Å². The number of benzene rings is 2. The molecule has 2 aromatic rings. The summed E-state index contributed by atoms with van der Waals surface area (Å²) in [7, 11) is 3.13. The quantitative estimate of drug-likeness (QED) is 0.199.